The molecule has 0 aliphatic carbocycles. The number of alkyl halides is 6. The molecule has 180 valence electrons. The molecule has 1 unspecified atom stereocenters. The predicted octanol–water partition coefficient (Wildman–Crippen LogP) is 6.65. The van der Waals surface area contributed by atoms with Crippen molar-refractivity contribution < 1.29 is 44.2 Å². The summed E-state index contributed by atoms with van der Waals surface area (Å²) in [6, 6.07) is 12.0. The Kier molecular flexibility index (Phi) is 5.85. The van der Waals surface area contributed by atoms with Crippen LogP contribution in [0.2, 0.25) is 5.02 Å². The average molecular weight is 524 g/mol. The molecule has 34 heavy (non-hydrogen) atoms. The first kappa shape index (κ1) is 24.0. The Hall–Kier alpha value is -3.12. The van der Waals surface area contributed by atoms with Crippen molar-refractivity contribution in [2.24, 2.45) is 0 Å². The normalized spacial score (nSPS) is 15.9. The lowest BCUT2D eigenvalue weighted by molar-refractivity contribution is -0.143. The van der Waals surface area contributed by atoms with Gasteiger partial charge in [-0.1, -0.05) is 29.8 Å². The lowest BCUT2D eigenvalue weighted by Gasteiger charge is -2.19. The van der Waals surface area contributed by atoms with Crippen molar-refractivity contribution in [1.29, 1.82) is 0 Å². The summed E-state index contributed by atoms with van der Waals surface area (Å²) in [5, 5.41) is -1.49. The van der Waals surface area contributed by atoms with E-state index in [1.165, 1.54) is 42.5 Å². The summed E-state index contributed by atoms with van der Waals surface area (Å²) < 4.78 is 118. The van der Waals surface area contributed by atoms with Gasteiger partial charge in [-0.2, -0.15) is 26.3 Å². The van der Waals surface area contributed by atoms with Gasteiger partial charge < -0.3 is 9.47 Å². The molecule has 3 aromatic carbocycles. The number of sulfonamides is 1. The number of halogens is 7. The maximum absolute atomic E-state index is 13.3. The fourth-order valence-corrected chi connectivity index (χ4v) is 4.55. The number of hydrogen-bond donors (Lipinski definition) is 1. The van der Waals surface area contributed by atoms with Crippen LogP contribution in [0.4, 0.5) is 32.0 Å². The minimum Gasteiger partial charge on any atom is -0.447 e. The Labute approximate surface area is 193 Å². The number of anilines is 1. The summed E-state index contributed by atoms with van der Waals surface area (Å²) in [7, 11) is -3.96. The van der Waals surface area contributed by atoms with Crippen LogP contribution >= 0.6 is 11.6 Å². The second kappa shape index (κ2) is 8.27. The Morgan fingerprint density at radius 2 is 1.35 bits per heavy atom. The molecule has 1 aliphatic heterocycles. The summed E-state index contributed by atoms with van der Waals surface area (Å²) in [5.41, 5.74) is -3.93. The topological polar surface area (TPSA) is 64.6 Å². The van der Waals surface area contributed by atoms with Crippen LogP contribution in [-0.2, 0) is 22.4 Å². The second-order valence-corrected chi connectivity index (χ2v) is 9.13. The summed E-state index contributed by atoms with van der Waals surface area (Å²) in [4.78, 5) is -0.0222. The van der Waals surface area contributed by atoms with Crippen LogP contribution in [0.15, 0.2) is 65.6 Å². The third-order valence-corrected chi connectivity index (χ3v) is 6.50. The van der Waals surface area contributed by atoms with Crippen LogP contribution in [0.5, 0.6) is 11.5 Å². The van der Waals surface area contributed by atoms with Crippen LogP contribution in [0.3, 0.4) is 0 Å². The van der Waals surface area contributed by atoms with Crippen molar-refractivity contribution in [3.05, 3.63) is 82.4 Å². The highest BCUT2D eigenvalue weighted by Gasteiger charge is 2.42. The Morgan fingerprint density at radius 3 is 1.91 bits per heavy atom. The molecule has 0 spiro atoms. The zero-order valence-electron chi connectivity index (χ0n) is 16.5. The van der Waals surface area contributed by atoms with Gasteiger partial charge in [-0.3, -0.25) is 4.72 Å². The molecular formula is C21H12ClF6NO4S. The Balaban J connectivity index is 1.64. The Bertz CT molecular complexity index is 1310. The molecular weight excluding hydrogens is 512 g/mol. The minimum absolute atomic E-state index is 0.00951. The summed E-state index contributed by atoms with van der Waals surface area (Å²) in [6.07, 6.45) is -12.0. The number of hydrogen-bond acceptors (Lipinski definition) is 4. The Morgan fingerprint density at radius 1 is 0.794 bits per heavy atom. The molecule has 5 nitrogen and oxygen atoms in total. The molecule has 3 aromatic rings. The van der Waals surface area contributed by atoms with Crippen molar-refractivity contribution in [2.45, 2.75) is 23.5 Å². The first-order valence-electron chi connectivity index (χ1n) is 9.29. The van der Waals surface area contributed by atoms with E-state index in [1.54, 1.807) is 6.07 Å². The van der Waals surface area contributed by atoms with Gasteiger partial charge in [0.25, 0.3) is 16.3 Å². The lowest BCUT2D eigenvalue weighted by Crippen LogP contribution is -2.17. The maximum atomic E-state index is 13.3. The third-order valence-electron chi connectivity index (χ3n) is 4.70. The molecule has 0 fully saturated rings. The molecule has 1 heterocycles. The molecule has 0 radical (unpaired) electrons. The van der Waals surface area contributed by atoms with E-state index in [0.29, 0.717) is 12.1 Å². The van der Waals surface area contributed by atoms with Crippen LogP contribution in [0.1, 0.15) is 23.0 Å². The molecule has 4 rings (SSSR count). The van der Waals surface area contributed by atoms with Gasteiger partial charge in [0.1, 0.15) is 0 Å². The highest BCUT2D eigenvalue weighted by atomic mass is 35.5. The van der Waals surface area contributed by atoms with Gasteiger partial charge >= 0.3 is 12.4 Å². The molecule has 13 heteroatoms. The lowest BCUT2D eigenvalue weighted by atomic mass is 10.0. The van der Waals surface area contributed by atoms with Gasteiger partial charge in [0.05, 0.1) is 26.7 Å². The number of nitrogens with one attached hydrogen (secondary N) is 1. The molecule has 1 aliphatic rings. The highest BCUT2D eigenvalue weighted by molar-refractivity contribution is 7.92. The van der Waals surface area contributed by atoms with Gasteiger partial charge in [-0.25, -0.2) is 8.42 Å². The minimum atomic E-state index is -5.17. The quantitative estimate of drug-likeness (QED) is 0.389. The number of ether oxygens (including phenoxy) is 2. The highest BCUT2D eigenvalue weighted by Crippen LogP contribution is 2.47. The first-order valence-corrected chi connectivity index (χ1v) is 11.1. The van der Waals surface area contributed by atoms with Crippen molar-refractivity contribution in [3.63, 3.8) is 0 Å². The maximum Gasteiger partial charge on any atom is 0.417 e. The van der Waals surface area contributed by atoms with E-state index in [2.05, 4.69) is 4.72 Å². The summed E-state index contributed by atoms with van der Waals surface area (Å²) >= 11 is 5.39. The van der Waals surface area contributed by atoms with E-state index in [4.69, 9.17) is 21.1 Å². The monoisotopic (exact) mass is 523 g/mol. The largest absolute Gasteiger partial charge is 0.447 e. The van der Waals surface area contributed by atoms with Crippen LogP contribution < -0.4 is 14.2 Å². The van der Waals surface area contributed by atoms with Gasteiger partial charge in [-0.15, -0.1) is 0 Å². The number of fused-ring (bicyclic) bond motifs is 1. The van der Waals surface area contributed by atoms with Crippen LogP contribution in [-0.4, -0.2) is 8.42 Å². The van der Waals surface area contributed by atoms with Crippen LogP contribution in [0, 0.1) is 0 Å². The SMILES string of the molecule is O=S(=O)(Nc1ccc2c(c1)OC(c1cc(C(F)(F)F)c(Cl)c(C(F)(F)F)c1)O2)c1ccccc1. The number of rotatable bonds is 4. The van der Waals surface area contributed by atoms with E-state index in [1.807, 2.05) is 0 Å². The zero-order chi connectivity index (χ0) is 24.9. The zero-order valence-corrected chi connectivity index (χ0v) is 18.1. The fraction of sp³-hybridized carbons (Fsp3) is 0.143. The van der Waals surface area contributed by atoms with Gasteiger partial charge in [0.2, 0.25) is 0 Å². The fourth-order valence-electron chi connectivity index (χ4n) is 3.16. The summed E-state index contributed by atoms with van der Waals surface area (Å²) in [6.45, 7) is 0. The van der Waals surface area contributed by atoms with Crippen molar-refractivity contribution in [3.8, 4) is 11.5 Å². The standard InChI is InChI=1S/C21H12ClF6NO4S/c22-18-14(20(23,24)25)8-11(9-15(18)21(26,27)28)19-32-16-7-6-12(10-17(16)33-19)29-34(30,31)13-4-2-1-3-5-13/h1-10,19,29H. The van der Waals surface area contributed by atoms with E-state index < -0.39 is 50.4 Å². The van der Waals surface area contributed by atoms with Crippen molar-refractivity contribution >= 4 is 27.3 Å². The number of benzene rings is 3. The van der Waals surface area contributed by atoms with Gasteiger partial charge in [0, 0.05) is 11.6 Å². The average Bonchev–Trinajstić information content (AvgIpc) is 3.16. The second-order valence-electron chi connectivity index (χ2n) is 7.07. The molecule has 0 saturated carbocycles. The molecule has 1 N–H and O–H groups in total. The van der Waals surface area contributed by atoms with E-state index in [0.717, 1.165) is 0 Å². The third kappa shape index (κ3) is 4.73. The first-order chi connectivity index (χ1) is 15.8. The molecule has 0 amide bonds. The van der Waals surface area contributed by atoms with E-state index >= 15 is 0 Å². The van der Waals surface area contributed by atoms with Crippen molar-refractivity contribution in [1.82, 2.24) is 0 Å². The summed E-state index contributed by atoms with van der Waals surface area (Å²) in [5.74, 6) is -0.0972. The van der Waals surface area contributed by atoms with Gasteiger partial charge in [0.15, 0.2) is 11.5 Å². The molecule has 0 aromatic heterocycles. The molecule has 0 bridgehead atoms. The molecule has 0 saturated heterocycles. The van der Waals surface area contributed by atoms with Crippen molar-refractivity contribution in [2.75, 3.05) is 4.72 Å². The molecule has 1 atom stereocenters. The van der Waals surface area contributed by atoms with Crippen LogP contribution in [0.25, 0.3) is 0 Å². The van der Waals surface area contributed by atoms with Gasteiger partial charge in [-0.05, 0) is 36.4 Å². The van der Waals surface area contributed by atoms with E-state index in [-0.39, 0.29) is 22.1 Å². The van der Waals surface area contributed by atoms with E-state index in [9.17, 15) is 34.8 Å². The smallest absolute Gasteiger partial charge is 0.417 e. The predicted molar refractivity (Wildman–Crippen MR) is 109 cm³/mol.